The van der Waals surface area contributed by atoms with Crippen molar-refractivity contribution in [3.05, 3.63) is 206 Å². The quantitative estimate of drug-likeness (QED) is 0.172. The van der Waals surface area contributed by atoms with Crippen LogP contribution in [0.3, 0.4) is 0 Å². The molecule has 0 bridgehead atoms. The van der Waals surface area contributed by atoms with Crippen LogP contribution in [0.1, 0.15) is 0 Å². The van der Waals surface area contributed by atoms with Crippen LogP contribution in [0, 0.1) is 0 Å². The van der Waals surface area contributed by atoms with Gasteiger partial charge in [-0.25, -0.2) is 0 Å². The van der Waals surface area contributed by atoms with Crippen LogP contribution in [0.2, 0.25) is 0 Å². The van der Waals surface area contributed by atoms with Crippen LogP contribution in [0.15, 0.2) is 211 Å². The zero-order valence-corrected chi connectivity index (χ0v) is 29.9. The lowest BCUT2D eigenvalue weighted by molar-refractivity contribution is 0.669. The molecule has 11 aromatic rings. The molecular weight excluding hydrogens is 669 g/mol. The van der Waals surface area contributed by atoms with Crippen LogP contribution >= 0.6 is 0 Å². The van der Waals surface area contributed by atoms with Gasteiger partial charge in [0.2, 0.25) is 0 Å². The van der Waals surface area contributed by atoms with Crippen molar-refractivity contribution < 1.29 is 4.42 Å². The fraction of sp³-hybridized carbons (Fsp3) is 0. The Labute approximate surface area is 318 Å². The molecule has 0 radical (unpaired) electrons. The second kappa shape index (κ2) is 12.6. The van der Waals surface area contributed by atoms with Gasteiger partial charge in [-0.15, -0.1) is 0 Å². The average Bonchev–Trinajstić information content (AvgIpc) is 3.81. The molecule has 2 aromatic heterocycles. The second-order valence-electron chi connectivity index (χ2n) is 14.1. The highest BCUT2D eigenvalue weighted by molar-refractivity contribution is 6.25. The van der Waals surface area contributed by atoms with E-state index in [9.17, 15) is 0 Å². The first-order valence-electron chi connectivity index (χ1n) is 18.8. The number of furan rings is 1. The van der Waals surface area contributed by atoms with Crippen LogP contribution in [-0.2, 0) is 0 Å². The average molecular weight is 703 g/mol. The van der Waals surface area contributed by atoms with Gasteiger partial charge in [-0.05, 0) is 93.7 Å². The predicted octanol–water partition coefficient (Wildman–Crippen LogP) is 14.6. The molecule has 0 fully saturated rings. The maximum absolute atomic E-state index is 6.50. The van der Waals surface area contributed by atoms with Crippen molar-refractivity contribution in [2.45, 2.75) is 0 Å². The number of aromatic nitrogens is 1. The molecule has 3 nitrogen and oxygen atoms in total. The molecule has 55 heavy (non-hydrogen) atoms. The van der Waals surface area contributed by atoms with Crippen LogP contribution in [0.4, 0.5) is 17.1 Å². The van der Waals surface area contributed by atoms with Crippen molar-refractivity contribution in [2.24, 2.45) is 0 Å². The molecule has 0 aliphatic carbocycles. The van der Waals surface area contributed by atoms with Crippen LogP contribution in [0.25, 0.3) is 82.5 Å². The third-order valence-electron chi connectivity index (χ3n) is 11.0. The molecule has 0 N–H and O–H groups in total. The van der Waals surface area contributed by atoms with Gasteiger partial charge in [0.15, 0.2) is 5.58 Å². The van der Waals surface area contributed by atoms with Crippen molar-refractivity contribution in [3.63, 3.8) is 0 Å². The van der Waals surface area contributed by atoms with Gasteiger partial charge in [0.05, 0.1) is 16.7 Å². The Hall–Kier alpha value is -7.36. The van der Waals surface area contributed by atoms with E-state index in [1.165, 1.54) is 49.3 Å². The zero-order valence-electron chi connectivity index (χ0n) is 29.9. The molecule has 9 aromatic carbocycles. The van der Waals surface area contributed by atoms with Crippen molar-refractivity contribution in [1.29, 1.82) is 0 Å². The van der Waals surface area contributed by atoms with Gasteiger partial charge in [-0.1, -0.05) is 146 Å². The number of hydrogen-bond acceptors (Lipinski definition) is 2. The number of rotatable bonds is 6. The number of benzene rings is 9. The normalized spacial score (nSPS) is 11.6. The maximum atomic E-state index is 6.50. The minimum atomic E-state index is 0.876. The molecule has 11 rings (SSSR count). The number of fused-ring (bicyclic) bond motifs is 8. The Morgan fingerprint density at radius 2 is 1.02 bits per heavy atom. The van der Waals surface area contributed by atoms with Crippen molar-refractivity contribution in [3.8, 4) is 27.9 Å². The van der Waals surface area contributed by atoms with Crippen LogP contribution in [0.5, 0.6) is 0 Å². The highest BCUT2D eigenvalue weighted by atomic mass is 16.3. The molecule has 2 heterocycles. The molecule has 0 spiro atoms. The first kappa shape index (κ1) is 31.2. The van der Waals surface area contributed by atoms with Crippen molar-refractivity contribution in [1.82, 2.24) is 4.57 Å². The standard InChI is InChI=1S/C52H34N2O/c1-3-13-37(14-4-1)42-20-11-15-38-29-34-47-51(50(38)42)45-19-7-9-22-46(45)54(47)41-32-27-36(28-33-41)35-25-30-40(31-26-35)53(39-16-5-2-6-17-39)48-23-12-21-44-43-18-8-10-24-49(43)55-52(44)48/h1-34H. The van der Waals surface area contributed by atoms with Gasteiger partial charge in [0.1, 0.15) is 5.58 Å². The van der Waals surface area contributed by atoms with E-state index in [4.69, 9.17) is 4.42 Å². The number of anilines is 3. The van der Waals surface area contributed by atoms with E-state index in [-0.39, 0.29) is 0 Å². The summed E-state index contributed by atoms with van der Waals surface area (Å²) in [5, 5.41) is 7.31. The smallest absolute Gasteiger partial charge is 0.159 e. The van der Waals surface area contributed by atoms with Crippen LogP contribution in [-0.4, -0.2) is 4.57 Å². The summed E-state index contributed by atoms with van der Waals surface area (Å²) in [6, 6.07) is 73.7. The molecular formula is C52H34N2O. The summed E-state index contributed by atoms with van der Waals surface area (Å²) >= 11 is 0. The minimum absolute atomic E-state index is 0.876. The summed E-state index contributed by atoms with van der Waals surface area (Å²) in [6.07, 6.45) is 0. The Morgan fingerprint density at radius 3 is 1.82 bits per heavy atom. The van der Waals surface area contributed by atoms with E-state index >= 15 is 0 Å². The highest BCUT2D eigenvalue weighted by Crippen LogP contribution is 2.43. The molecule has 3 heteroatoms. The lowest BCUT2D eigenvalue weighted by Crippen LogP contribution is -2.10. The van der Waals surface area contributed by atoms with Crippen molar-refractivity contribution in [2.75, 3.05) is 4.90 Å². The minimum Gasteiger partial charge on any atom is -0.454 e. The molecule has 0 unspecified atom stereocenters. The van der Waals surface area contributed by atoms with E-state index in [1.807, 2.05) is 12.1 Å². The molecule has 0 amide bonds. The predicted molar refractivity (Wildman–Crippen MR) is 231 cm³/mol. The Bertz CT molecular complexity index is 3180. The highest BCUT2D eigenvalue weighted by Gasteiger charge is 2.20. The number of para-hydroxylation sites is 4. The molecule has 0 saturated heterocycles. The summed E-state index contributed by atoms with van der Waals surface area (Å²) in [5.74, 6) is 0. The largest absolute Gasteiger partial charge is 0.454 e. The third-order valence-corrected chi connectivity index (χ3v) is 11.0. The number of hydrogen-bond donors (Lipinski definition) is 0. The van der Waals surface area contributed by atoms with Crippen molar-refractivity contribution >= 4 is 71.6 Å². The zero-order chi connectivity index (χ0) is 36.3. The first-order chi connectivity index (χ1) is 27.3. The molecule has 0 aliphatic rings. The number of nitrogens with zero attached hydrogens (tertiary/aromatic N) is 2. The molecule has 0 aliphatic heterocycles. The summed E-state index contributed by atoms with van der Waals surface area (Å²) < 4.78 is 8.91. The fourth-order valence-corrected chi connectivity index (χ4v) is 8.49. The van der Waals surface area contributed by atoms with E-state index in [1.54, 1.807) is 0 Å². The summed E-state index contributed by atoms with van der Waals surface area (Å²) in [7, 11) is 0. The van der Waals surface area contributed by atoms with Crippen LogP contribution < -0.4 is 4.90 Å². The molecule has 0 saturated carbocycles. The van der Waals surface area contributed by atoms with Gasteiger partial charge in [0, 0.05) is 38.6 Å². The summed E-state index contributed by atoms with van der Waals surface area (Å²) in [5.41, 5.74) is 13.3. The maximum Gasteiger partial charge on any atom is 0.159 e. The third kappa shape index (κ3) is 5.05. The van der Waals surface area contributed by atoms with Gasteiger partial charge in [0.25, 0.3) is 0 Å². The fourth-order valence-electron chi connectivity index (χ4n) is 8.49. The lowest BCUT2D eigenvalue weighted by Gasteiger charge is -2.25. The van der Waals surface area contributed by atoms with Gasteiger partial charge in [-0.2, -0.15) is 0 Å². The van der Waals surface area contributed by atoms with Gasteiger partial charge in [-0.3, -0.25) is 0 Å². The molecule has 258 valence electrons. The first-order valence-corrected chi connectivity index (χ1v) is 18.8. The monoisotopic (exact) mass is 702 g/mol. The second-order valence-corrected chi connectivity index (χ2v) is 14.1. The molecule has 0 atom stereocenters. The SMILES string of the molecule is c1ccc(-c2cccc3ccc4c(c5ccccc5n4-c4ccc(-c5ccc(N(c6ccccc6)c6cccc7c6oc6ccccc67)cc5)cc4)c23)cc1. The van der Waals surface area contributed by atoms with E-state index in [2.05, 4.69) is 204 Å². The Morgan fingerprint density at radius 1 is 0.382 bits per heavy atom. The lowest BCUT2D eigenvalue weighted by atomic mass is 9.94. The van der Waals surface area contributed by atoms with E-state index < -0.39 is 0 Å². The van der Waals surface area contributed by atoms with Gasteiger partial charge >= 0.3 is 0 Å². The summed E-state index contributed by atoms with van der Waals surface area (Å²) in [6.45, 7) is 0. The van der Waals surface area contributed by atoms with E-state index in [0.29, 0.717) is 0 Å². The Kier molecular flexibility index (Phi) is 7.17. The Balaban J connectivity index is 0.996. The van der Waals surface area contributed by atoms with Gasteiger partial charge < -0.3 is 13.9 Å². The topological polar surface area (TPSA) is 21.3 Å². The summed E-state index contributed by atoms with van der Waals surface area (Å²) in [4.78, 5) is 2.28. The van der Waals surface area contributed by atoms with E-state index in [0.717, 1.165) is 50.3 Å².